The van der Waals surface area contributed by atoms with Crippen LogP contribution in [0, 0.1) is 17.3 Å². The fraction of sp³-hybridized carbons (Fsp3) is 1.00. The molecule has 0 aromatic rings. The van der Waals surface area contributed by atoms with E-state index in [2.05, 4.69) is 13.8 Å². The van der Waals surface area contributed by atoms with Crippen LogP contribution in [0.3, 0.4) is 0 Å². The monoisotopic (exact) mass is 222 g/mol. The molecule has 0 heteroatoms. The van der Waals surface area contributed by atoms with Crippen LogP contribution in [0.2, 0.25) is 0 Å². The van der Waals surface area contributed by atoms with Crippen molar-refractivity contribution in [2.45, 2.75) is 84.5 Å². The van der Waals surface area contributed by atoms with Crippen molar-refractivity contribution < 1.29 is 0 Å². The third-order valence-corrected chi connectivity index (χ3v) is 5.68. The van der Waals surface area contributed by atoms with Crippen molar-refractivity contribution in [3.63, 3.8) is 0 Å². The van der Waals surface area contributed by atoms with E-state index < -0.39 is 0 Å². The first-order valence-corrected chi connectivity index (χ1v) is 7.79. The number of hydrogen-bond donors (Lipinski definition) is 0. The molecule has 2 fully saturated rings. The summed E-state index contributed by atoms with van der Waals surface area (Å²) in [6.07, 6.45) is 16.6. The SMILES string of the molecule is CCCCCC[C@@H]1CC[C@H](C)C12CCCC2. The van der Waals surface area contributed by atoms with Gasteiger partial charge in [-0.2, -0.15) is 0 Å². The molecule has 0 amide bonds. The Morgan fingerprint density at radius 2 is 1.75 bits per heavy atom. The molecule has 2 aliphatic rings. The fourth-order valence-electron chi connectivity index (χ4n) is 4.61. The fourth-order valence-corrected chi connectivity index (χ4v) is 4.61. The topological polar surface area (TPSA) is 0 Å². The molecule has 0 aromatic carbocycles. The van der Waals surface area contributed by atoms with Crippen molar-refractivity contribution in [2.24, 2.45) is 17.3 Å². The lowest BCUT2D eigenvalue weighted by molar-refractivity contribution is 0.140. The summed E-state index contributed by atoms with van der Waals surface area (Å²) in [6.45, 7) is 4.85. The van der Waals surface area contributed by atoms with Gasteiger partial charge >= 0.3 is 0 Å². The lowest BCUT2D eigenvalue weighted by atomic mass is 9.69. The normalized spacial score (nSPS) is 32.6. The van der Waals surface area contributed by atoms with E-state index in [4.69, 9.17) is 0 Å². The molecule has 1 spiro atoms. The van der Waals surface area contributed by atoms with Gasteiger partial charge in [-0.1, -0.05) is 52.4 Å². The van der Waals surface area contributed by atoms with Crippen molar-refractivity contribution in [2.75, 3.05) is 0 Å². The van der Waals surface area contributed by atoms with Gasteiger partial charge in [0.25, 0.3) is 0 Å². The van der Waals surface area contributed by atoms with Crippen molar-refractivity contribution in [1.29, 1.82) is 0 Å². The maximum atomic E-state index is 2.54. The zero-order valence-electron chi connectivity index (χ0n) is 11.4. The van der Waals surface area contributed by atoms with Gasteiger partial charge in [-0.25, -0.2) is 0 Å². The molecule has 0 unspecified atom stereocenters. The maximum Gasteiger partial charge on any atom is -0.0243 e. The third kappa shape index (κ3) is 2.31. The van der Waals surface area contributed by atoms with Crippen LogP contribution in [0.25, 0.3) is 0 Å². The quantitative estimate of drug-likeness (QED) is 0.534. The van der Waals surface area contributed by atoms with Crippen LogP contribution >= 0.6 is 0 Å². The van der Waals surface area contributed by atoms with E-state index in [1.165, 1.54) is 44.9 Å². The summed E-state index contributed by atoms with van der Waals surface area (Å²) in [5.41, 5.74) is 0.812. The van der Waals surface area contributed by atoms with Crippen molar-refractivity contribution in [3.8, 4) is 0 Å². The molecule has 2 rings (SSSR count). The number of rotatable bonds is 5. The Morgan fingerprint density at radius 3 is 2.44 bits per heavy atom. The van der Waals surface area contributed by atoms with Crippen molar-refractivity contribution in [1.82, 2.24) is 0 Å². The van der Waals surface area contributed by atoms with Gasteiger partial charge in [-0.15, -0.1) is 0 Å². The molecule has 0 heterocycles. The number of hydrogen-bond acceptors (Lipinski definition) is 0. The minimum atomic E-state index is 0.812. The van der Waals surface area contributed by atoms with Gasteiger partial charge in [0.2, 0.25) is 0 Å². The molecule has 94 valence electrons. The van der Waals surface area contributed by atoms with Crippen LogP contribution in [-0.2, 0) is 0 Å². The van der Waals surface area contributed by atoms with Gasteiger partial charge in [-0.05, 0) is 49.4 Å². The zero-order valence-corrected chi connectivity index (χ0v) is 11.4. The molecule has 16 heavy (non-hydrogen) atoms. The van der Waals surface area contributed by atoms with Crippen LogP contribution < -0.4 is 0 Å². The molecule has 2 aliphatic carbocycles. The summed E-state index contributed by atoms with van der Waals surface area (Å²) in [7, 11) is 0. The molecule has 0 N–H and O–H groups in total. The van der Waals surface area contributed by atoms with E-state index in [1.807, 2.05) is 0 Å². The molecular formula is C16H30. The Morgan fingerprint density at radius 1 is 1.00 bits per heavy atom. The Bertz CT molecular complexity index is 200. The Balaban J connectivity index is 1.84. The molecule has 0 bridgehead atoms. The lowest BCUT2D eigenvalue weighted by Crippen LogP contribution is -2.27. The van der Waals surface area contributed by atoms with Crippen LogP contribution in [0.5, 0.6) is 0 Å². The second kappa shape index (κ2) is 5.56. The van der Waals surface area contributed by atoms with Gasteiger partial charge in [0.1, 0.15) is 0 Å². The minimum Gasteiger partial charge on any atom is -0.0654 e. The standard InChI is InChI=1S/C16H30/c1-3-4-5-6-9-15-11-10-14(2)16(15)12-7-8-13-16/h14-15H,3-13H2,1-2H3/t14-,15+/m0/s1. The van der Waals surface area contributed by atoms with Crippen LogP contribution in [0.4, 0.5) is 0 Å². The van der Waals surface area contributed by atoms with Gasteiger partial charge in [-0.3, -0.25) is 0 Å². The second-order valence-electron chi connectivity index (χ2n) is 6.46. The van der Waals surface area contributed by atoms with E-state index in [0.29, 0.717) is 0 Å². The minimum absolute atomic E-state index is 0.812. The first-order chi connectivity index (χ1) is 7.79. The molecule has 0 aromatic heterocycles. The zero-order chi connectivity index (χ0) is 11.4. The second-order valence-corrected chi connectivity index (χ2v) is 6.46. The molecule has 0 saturated heterocycles. The first kappa shape index (κ1) is 12.5. The Labute approximate surface area is 102 Å². The third-order valence-electron chi connectivity index (χ3n) is 5.68. The molecule has 2 atom stereocenters. The predicted molar refractivity (Wildman–Crippen MR) is 71.5 cm³/mol. The highest BCUT2D eigenvalue weighted by Crippen LogP contribution is 2.58. The molecule has 2 saturated carbocycles. The molecule has 0 aliphatic heterocycles. The van der Waals surface area contributed by atoms with Gasteiger partial charge < -0.3 is 0 Å². The Kier molecular flexibility index (Phi) is 4.33. The summed E-state index contributed by atoms with van der Waals surface area (Å²) < 4.78 is 0. The van der Waals surface area contributed by atoms with E-state index >= 15 is 0 Å². The smallest absolute Gasteiger partial charge is 0.0243 e. The highest BCUT2D eigenvalue weighted by molar-refractivity contribution is 4.98. The van der Waals surface area contributed by atoms with Gasteiger partial charge in [0, 0.05) is 0 Å². The summed E-state index contributed by atoms with van der Waals surface area (Å²) in [5.74, 6) is 2.13. The largest absolute Gasteiger partial charge is 0.0654 e. The summed E-state index contributed by atoms with van der Waals surface area (Å²) >= 11 is 0. The first-order valence-electron chi connectivity index (χ1n) is 7.79. The maximum absolute atomic E-state index is 2.54. The predicted octanol–water partition coefficient (Wildman–Crippen LogP) is 5.56. The average Bonchev–Trinajstić information content (AvgIpc) is 2.88. The highest BCUT2D eigenvalue weighted by Gasteiger charge is 2.48. The van der Waals surface area contributed by atoms with Crippen LogP contribution in [0.15, 0.2) is 0 Å². The summed E-state index contributed by atoms with van der Waals surface area (Å²) in [6, 6.07) is 0. The average molecular weight is 222 g/mol. The highest BCUT2D eigenvalue weighted by atomic mass is 14.5. The van der Waals surface area contributed by atoms with E-state index in [1.54, 1.807) is 25.7 Å². The number of unbranched alkanes of at least 4 members (excludes halogenated alkanes) is 3. The van der Waals surface area contributed by atoms with E-state index in [0.717, 1.165) is 17.3 Å². The van der Waals surface area contributed by atoms with Crippen LogP contribution in [-0.4, -0.2) is 0 Å². The molecule has 0 nitrogen and oxygen atoms in total. The lowest BCUT2D eigenvalue weighted by Gasteiger charge is -2.35. The Hall–Kier alpha value is 0. The van der Waals surface area contributed by atoms with Crippen molar-refractivity contribution in [3.05, 3.63) is 0 Å². The summed E-state index contributed by atoms with van der Waals surface area (Å²) in [5, 5.41) is 0. The van der Waals surface area contributed by atoms with Gasteiger partial charge in [0.05, 0.1) is 0 Å². The van der Waals surface area contributed by atoms with Crippen molar-refractivity contribution >= 4 is 0 Å². The van der Waals surface area contributed by atoms with E-state index in [-0.39, 0.29) is 0 Å². The molecule has 0 radical (unpaired) electrons. The van der Waals surface area contributed by atoms with E-state index in [9.17, 15) is 0 Å². The van der Waals surface area contributed by atoms with Gasteiger partial charge in [0.15, 0.2) is 0 Å². The summed E-state index contributed by atoms with van der Waals surface area (Å²) in [4.78, 5) is 0. The molecular weight excluding hydrogens is 192 g/mol. The van der Waals surface area contributed by atoms with Crippen LogP contribution in [0.1, 0.15) is 84.5 Å².